The maximum atomic E-state index is 12.2. The number of nitrogens with one attached hydrogen (secondary N) is 1. The minimum absolute atomic E-state index is 0.0600. The molecular weight excluding hydrogens is 452 g/mol. The van der Waals surface area contributed by atoms with Crippen LogP contribution in [-0.2, 0) is 4.79 Å². The molecule has 0 atom stereocenters. The van der Waals surface area contributed by atoms with Crippen LogP contribution >= 0.6 is 15.9 Å². The van der Waals surface area contributed by atoms with Crippen LogP contribution in [0.2, 0.25) is 0 Å². The highest BCUT2D eigenvalue weighted by atomic mass is 79.9. The first kappa shape index (κ1) is 23.4. The molecule has 0 heterocycles. The predicted octanol–water partition coefficient (Wildman–Crippen LogP) is 5.98. The van der Waals surface area contributed by atoms with Gasteiger partial charge in [-0.2, -0.15) is 0 Å². The Morgan fingerprint density at radius 1 is 1.17 bits per heavy atom. The summed E-state index contributed by atoms with van der Waals surface area (Å²) >= 11 is 3.23. The number of unbranched alkanes of at least 4 members (excludes halogenated alkanes) is 3. The molecule has 0 radical (unpaired) electrons. The lowest BCUT2D eigenvalue weighted by atomic mass is 10.2. The third-order valence-corrected chi connectivity index (χ3v) is 4.95. The molecule has 0 saturated heterocycles. The largest absolute Gasteiger partial charge is 0.493 e. The number of amides is 1. The molecule has 2 aromatic rings. The quantitative estimate of drug-likeness (QED) is 0.186. The van der Waals surface area contributed by atoms with Crippen LogP contribution < -0.4 is 14.8 Å². The van der Waals surface area contributed by atoms with Crippen LogP contribution in [0.1, 0.15) is 38.2 Å². The molecule has 7 nitrogen and oxygen atoms in total. The van der Waals surface area contributed by atoms with Gasteiger partial charge in [0.15, 0.2) is 11.5 Å². The molecule has 1 amide bonds. The maximum absolute atomic E-state index is 12.2. The van der Waals surface area contributed by atoms with E-state index in [2.05, 4.69) is 28.2 Å². The molecule has 0 fully saturated rings. The molecule has 0 aliphatic rings. The van der Waals surface area contributed by atoms with E-state index in [0.717, 1.165) is 18.4 Å². The molecule has 0 bridgehead atoms. The Hall–Kier alpha value is -2.87. The first-order chi connectivity index (χ1) is 14.4. The van der Waals surface area contributed by atoms with Gasteiger partial charge in [0, 0.05) is 22.7 Å². The van der Waals surface area contributed by atoms with Gasteiger partial charge in [0.1, 0.15) is 0 Å². The van der Waals surface area contributed by atoms with E-state index in [4.69, 9.17) is 9.47 Å². The molecule has 30 heavy (non-hydrogen) atoms. The molecular formula is C22H25BrN2O5. The molecule has 0 aliphatic carbocycles. The van der Waals surface area contributed by atoms with Crippen molar-refractivity contribution >= 4 is 39.3 Å². The highest BCUT2D eigenvalue weighted by Crippen LogP contribution is 2.29. The van der Waals surface area contributed by atoms with Crippen LogP contribution in [0.15, 0.2) is 46.9 Å². The van der Waals surface area contributed by atoms with E-state index in [1.165, 1.54) is 37.1 Å². The topological polar surface area (TPSA) is 90.7 Å². The van der Waals surface area contributed by atoms with Gasteiger partial charge in [-0.3, -0.25) is 14.9 Å². The Kier molecular flexibility index (Phi) is 9.34. The first-order valence-electron chi connectivity index (χ1n) is 9.68. The van der Waals surface area contributed by atoms with Gasteiger partial charge in [-0.1, -0.05) is 32.3 Å². The summed E-state index contributed by atoms with van der Waals surface area (Å²) in [5, 5.41) is 13.5. The first-order valence-corrected chi connectivity index (χ1v) is 10.5. The van der Waals surface area contributed by atoms with Gasteiger partial charge < -0.3 is 14.8 Å². The van der Waals surface area contributed by atoms with Gasteiger partial charge in [-0.05, 0) is 52.2 Å². The molecule has 0 unspecified atom stereocenters. The molecule has 2 aromatic carbocycles. The zero-order valence-corrected chi connectivity index (χ0v) is 18.6. The van der Waals surface area contributed by atoms with Crippen molar-refractivity contribution in [1.82, 2.24) is 0 Å². The van der Waals surface area contributed by atoms with Gasteiger partial charge in [0.05, 0.1) is 24.3 Å². The average molecular weight is 477 g/mol. The number of carbonyl (C=O) groups is 1. The standard InChI is InChI=1S/C22H25BrN2O5/c1-3-4-5-6-13-30-20-11-7-16(14-21(20)29-2)8-12-22(26)24-19-10-9-17(25(27)28)15-18(19)23/h7-12,14-15H,3-6,13H2,1-2H3,(H,24,26)/b12-8+. The SMILES string of the molecule is CCCCCCOc1ccc(/C=C/C(=O)Nc2ccc([N+](=O)[O-])cc2Br)cc1OC. The monoisotopic (exact) mass is 476 g/mol. The van der Waals surface area contributed by atoms with Crippen molar-refractivity contribution in [3.8, 4) is 11.5 Å². The van der Waals surface area contributed by atoms with Crippen LogP contribution in [0, 0.1) is 10.1 Å². The number of carbonyl (C=O) groups excluding carboxylic acids is 1. The summed E-state index contributed by atoms with van der Waals surface area (Å²) in [5.41, 5.74) is 1.16. The van der Waals surface area contributed by atoms with E-state index < -0.39 is 4.92 Å². The Balaban J connectivity index is 1.98. The number of nitro benzene ring substituents is 1. The molecule has 0 spiro atoms. The Morgan fingerprint density at radius 2 is 1.97 bits per heavy atom. The van der Waals surface area contributed by atoms with Crippen molar-refractivity contribution in [3.05, 3.63) is 62.6 Å². The highest BCUT2D eigenvalue weighted by molar-refractivity contribution is 9.10. The normalized spacial score (nSPS) is 10.8. The summed E-state index contributed by atoms with van der Waals surface area (Å²) in [6, 6.07) is 9.61. The summed E-state index contributed by atoms with van der Waals surface area (Å²) in [6.07, 6.45) is 7.55. The van der Waals surface area contributed by atoms with E-state index in [0.29, 0.717) is 28.3 Å². The number of nitro groups is 1. The fraction of sp³-hybridized carbons (Fsp3) is 0.318. The van der Waals surface area contributed by atoms with Crippen LogP contribution in [0.4, 0.5) is 11.4 Å². The van der Waals surface area contributed by atoms with Crippen molar-refractivity contribution in [2.24, 2.45) is 0 Å². The van der Waals surface area contributed by atoms with Crippen molar-refractivity contribution < 1.29 is 19.2 Å². The van der Waals surface area contributed by atoms with Gasteiger partial charge in [0.2, 0.25) is 5.91 Å². The maximum Gasteiger partial charge on any atom is 0.270 e. The zero-order chi connectivity index (χ0) is 21.9. The van der Waals surface area contributed by atoms with Crippen molar-refractivity contribution in [2.45, 2.75) is 32.6 Å². The molecule has 0 aromatic heterocycles. The van der Waals surface area contributed by atoms with Crippen molar-refractivity contribution in [1.29, 1.82) is 0 Å². The summed E-state index contributed by atoms with van der Waals surface area (Å²) in [5.74, 6) is 0.913. The highest BCUT2D eigenvalue weighted by Gasteiger charge is 2.10. The Bertz CT molecular complexity index is 914. The van der Waals surface area contributed by atoms with Crippen LogP contribution in [-0.4, -0.2) is 24.5 Å². The average Bonchev–Trinajstić information content (AvgIpc) is 2.73. The van der Waals surface area contributed by atoms with Crippen molar-refractivity contribution in [2.75, 3.05) is 19.0 Å². The summed E-state index contributed by atoms with van der Waals surface area (Å²) in [7, 11) is 1.57. The lowest BCUT2D eigenvalue weighted by Gasteiger charge is -2.11. The van der Waals surface area contributed by atoms with E-state index in [1.807, 2.05) is 12.1 Å². The van der Waals surface area contributed by atoms with Crippen molar-refractivity contribution in [3.63, 3.8) is 0 Å². The number of hydrogen-bond acceptors (Lipinski definition) is 5. The number of non-ortho nitro benzene ring substituents is 1. The van der Waals surface area contributed by atoms with E-state index in [-0.39, 0.29) is 11.6 Å². The molecule has 160 valence electrons. The van der Waals surface area contributed by atoms with Crippen LogP contribution in [0.5, 0.6) is 11.5 Å². The third-order valence-electron chi connectivity index (χ3n) is 4.29. The fourth-order valence-electron chi connectivity index (χ4n) is 2.68. The number of nitrogens with zero attached hydrogens (tertiary/aromatic N) is 1. The number of methoxy groups -OCH3 is 1. The van der Waals surface area contributed by atoms with E-state index >= 15 is 0 Å². The van der Waals surface area contributed by atoms with E-state index in [1.54, 1.807) is 19.3 Å². The zero-order valence-electron chi connectivity index (χ0n) is 17.0. The van der Waals surface area contributed by atoms with Gasteiger partial charge in [-0.25, -0.2) is 0 Å². The molecule has 2 rings (SSSR count). The van der Waals surface area contributed by atoms with Gasteiger partial charge in [-0.15, -0.1) is 0 Å². The molecule has 8 heteroatoms. The lowest BCUT2D eigenvalue weighted by Crippen LogP contribution is -2.08. The number of rotatable bonds is 11. The van der Waals surface area contributed by atoms with Crippen LogP contribution in [0.3, 0.4) is 0 Å². The number of hydrogen-bond donors (Lipinski definition) is 1. The molecule has 0 aliphatic heterocycles. The Morgan fingerprint density at radius 3 is 2.63 bits per heavy atom. The summed E-state index contributed by atoms with van der Waals surface area (Å²) in [4.78, 5) is 22.5. The third kappa shape index (κ3) is 7.18. The second kappa shape index (κ2) is 12.0. The number of ether oxygens (including phenoxy) is 2. The second-order valence-corrected chi connectivity index (χ2v) is 7.42. The van der Waals surface area contributed by atoms with Gasteiger partial charge in [0.25, 0.3) is 5.69 Å². The summed E-state index contributed by atoms with van der Waals surface area (Å²) < 4.78 is 11.6. The second-order valence-electron chi connectivity index (χ2n) is 6.56. The van der Waals surface area contributed by atoms with E-state index in [9.17, 15) is 14.9 Å². The van der Waals surface area contributed by atoms with Gasteiger partial charge >= 0.3 is 0 Å². The Labute approximate surface area is 184 Å². The predicted molar refractivity (Wildman–Crippen MR) is 121 cm³/mol. The number of anilines is 1. The summed E-state index contributed by atoms with van der Waals surface area (Å²) in [6.45, 7) is 2.80. The minimum Gasteiger partial charge on any atom is -0.493 e. The number of halogens is 1. The fourth-order valence-corrected chi connectivity index (χ4v) is 3.15. The molecule has 1 N–H and O–H groups in total. The van der Waals surface area contributed by atoms with Crippen LogP contribution in [0.25, 0.3) is 6.08 Å². The smallest absolute Gasteiger partial charge is 0.270 e. The lowest BCUT2D eigenvalue weighted by molar-refractivity contribution is -0.384. The molecule has 0 saturated carbocycles. The number of benzene rings is 2. The minimum atomic E-state index is -0.498.